The Kier molecular flexibility index (Phi) is 3.75. The van der Waals surface area contributed by atoms with Crippen molar-refractivity contribution in [2.45, 2.75) is 6.54 Å². The number of nitrogens with two attached hydrogens (primary N) is 1. The van der Waals surface area contributed by atoms with Crippen molar-refractivity contribution in [2.24, 2.45) is 5.73 Å². The molecule has 0 saturated carbocycles. The van der Waals surface area contributed by atoms with Gasteiger partial charge in [0.2, 0.25) is 0 Å². The Balaban J connectivity index is 1.84. The lowest BCUT2D eigenvalue weighted by Crippen LogP contribution is -2.12. The molecule has 104 valence electrons. The van der Waals surface area contributed by atoms with Crippen LogP contribution in [0.25, 0.3) is 10.9 Å². The Labute approximate surface area is 128 Å². The van der Waals surface area contributed by atoms with E-state index in [1.807, 2.05) is 24.3 Å². The summed E-state index contributed by atoms with van der Waals surface area (Å²) in [5.74, 6) is 0.744. The van der Waals surface area contributed by atoms with Gasteiger partial charge in [0.15, 0.2) is 0 Å². The number of thiocarbonyl (C=S) groups is 1. The Hall–Kier alpha value is -2.53. The molecule has 0 aliphatic heterocycles. The highest BCUT2D eigenvalue weighted by molar-refractivity contribution is 7.80. The molecule has 0 aliphatic carbocycles. The summed E-state index contributed by atoms with van der Waals surface area (Å²) in [6.07, 6.45) is 1.80. The number of hydrogen-bond donors (Lipinski definition) is 2. The third-order valence-electron chi connectivity index (χ3n) is 3.18. The standard InChI is InChI=1S/C16H14N4S/c17-16(21)13-7-2-8-14(20-13)19-10-12-5-1-4-11-6-3-9-18-15(11)12/h1-9H,10H2,(H2,17,21)(H,19,20). The lowest BCUT2D eigenvalue weighted by atomic mass is 10.1. The minimum Gasteiger partial charge on any atom is -0.388 e. The molecule has 3 aromatic rings. The van der Waals surface area contributed by atoms with Crippen LogP contribution in [0.15, 0.2) is 54.7 Å². The fourth-order valence-electron chi connectivity index (χ4n) is 2.17. The Bertz CT molecular complexity index is 796. The summed E-state index contributed by atoms with van der Waals surface area (Å²) in [6.45, 7) is 0.641. The number of fused-ring (bicyclic) bond motifs is 1. The van der Waals surface area contributed by atoms with Gasteiger partial charge >= 0.3 is 0 Å². The molecule has 0 saturated heterocycles. The first-order valence-electron chi connectivity index (χ1n) is 6.57. The van der Waals surface area contributed by atoms with Crippen molar-refractivity contribution in [3.05, 3.63) is 66.0 Å². The first-order chi connectivity index (χ1) is 10.2. The predicted octanol–water partition coefficient (Wildman–Crippen LogP) is 2.88. The van der Waals surface area contributed by atoms with Gasteiger partial charge < -0.3 is 11.1 Å². The average molecular weight is 294 g/mol. The van der Waals surface area contributed by atoms with E-state index in [-0.39, 0.29) is 0 Å². The van der Waals surface area contributed by atoms with E-state index in [1.54, 1.807) is 12.3 Å². The molecule has 2 heterocycles. The highest BCUT2D eigenvalue weighted by atomic mass is 32.1. The normalized spacial score (nSPS) is 10.5. The number of benzene rings is 1. The molecule has 1 aromatic carbocycles. The second-order valence-electron chi connectivity index (χ2n) is 4.62. The molecule has 4 nitrogen and oxygen atoms in total. The van der Waals surface area contributed by atoms with Crippen LogP contribution < -0.4 is 11.1 Å². The van der Waals surface area contributed by atoms with Gasteiger partial charge in [0.05, 0.1) is 11.2 Å². The van der Waals surface area contributed by atoms with E-state index < -0.39 is 0 Å². The molecule has 0 bridgehead atoms. The maximum absolute atomic E-state index is 5.60. The molecule has 0 amide bonds. The number of rotatable bonds is 4. The maximum atomic E-state index is 5.60. The number of nitrogens with zero attached hydrogens (tertiary/aromatic N) is 2. The predicted molar refractivity (Wildman–Crippen MR) is 89.2 cm³/mol. The summed E-state index contributed by atoms with van der Waals surface area (Å²) in [5, 5.41) is 4.41. The Morgan fingerprint density at radius 2 is 1.90 bits per heavy atom. The van der Waals surface area contributed by atoms with E-state index in [4.69, 9.17) is 18.0 Å². The number of nitrogens with one attached hydrogen (secondary N) is 1. The molecule has 0 aliphatic rings. The van der Waals surface area contributed by atoms with Gasteiger partial charge in [-0.15, -0.1) is 0 Å². The van der Waals surface area contributed by atoms with Gasteiger partial charge in [-0.25, -0.2) is 4.98 Å². The summed E-state index contributed by atoms with van der Waals surface area (Å²) in [7, 11) is 0. The molecule has 0 radical (unpaired) electrons. The topological polar surface area (TPSA) is 63.8 Å². The van der Waals surface area contributed by atoms with Crippen LogP contribution in [0.3, 0.4) is 0 Å². The van der Waals surface area contributed by atoms with E-state index in [1.165, 1.54) is 0 Å². The van der Waals surface area contributed by atoms with E-state index in [0.29, 0.717) is 17.2 Å². The zero-order valence-corrected chi connectivity index (χ0v) is 12.1. The van der Waals surface area contributed by atoms with Crippen molar-refractivity contribution >= 4 is 33.9 Å². The number of pyridine rings is 2. The van der Waals surface area contributed by atoms with Crippen LogP contribution in [-0.2, 0) is 6.54 Å². The fourth-order valence-corrected chi connectivity index (χ4v) is 2.28. The summed E-state index contributed by atoms with van der Waals surface area (Å²) >= 11 is 4.94. The molecule has 0 fully saturated rings. The van der Waals surface area contributed by atoms with E-state index >= 15 is 0 Å². The van der Waals surface area contributed by atoms with Crippen LogP contribution >= 0.6 is 12.2 Å². The largest absolute Gasteiger partial charge is 0.388 e. The van der Waals surface area contributed by atoms with Gasteiger partial charge in [-0.1, -0.05) is 42.5 Å². The van der Waals surface area contributed by atoms with Crippen molar-refractivity contribution in [1.82, 2.24) is 9.97 Å². The van der Waals surface area contributed by atoms with Gasteiger partial charge in [0.1, 0.15) is 10.8 Å². The van der Waals surface area contributed by atoms with Crippen molar-refractivity contribution in [3.63, 3.8) is 0 Å². The summed E-state index contributed by atoms with van der Waals surface area (Å²) in [6, 6.07) is 15.7. The lowest BCUT2D eigenvalue weighted by molar-refractivity contribution is 1.11. The third-order valence-corrected chi connectivity index (χ3v) is 3.39. The Morgan fingerprint density at radius 3 is 2.76 bits per heavy atom. The SMILES string of the molecule is NC(=S)c1cccc(NCc2cccc3cccnc23)n1. The second kappa shape index (κ2) is 5.85. The van der Waals surface area contributed by atoms with E-state index in [2.05, 4.69) is 33.5 Å². The molecule has 0 spiro atoms. The Morgan fingerprint density at radius 1 is 1.10 bits per heavy atom. The molecular weight excluding hydrogens is 280 g/mol. The average Bonchev–Trinajstić information content (AvgIpc) is 2.53. The van der Waals surface area contributed by atoms with E-state index in [9.17, 15) is 0 Å². The van der Waals surface area contributed by atoms with Crippen molar-refractivity contribution in [3.8, 4) is 0 Å². The van der Waals surface area contributed by atoms with Crippen LogP contribution in [-0.4, -0.2) is 15.0 Å². The highest BCUT2D eigenvalue weighted by Gasteiger charge is 2.03. The van der Waals surface area contributed by atoms with Crippen molar-refractivity contribution in [1.29, 1.82) is 0 Å². The zero-order chi connectivity index (χ0) is 14.7. The molecule has 3 rings (SSSR count). The number of anilines is 1. The zero-order valence-electron chi connectivity index (χ0n) is 11.3. The smallest absolute Gasteiger partial charge is 0.127 e. The minimum atomic E-state index is 0.297. The molecule has 2 aromatic heterocycles. The highest BCUT2D eigenvalue weighted by Crippen LogP contribution is 2.17. The molecule has 3 N–H and O–H groups in total. The first kappa shape index (κ1) is 13.5. The molecule has 21 heavy (non-hydrogen) atoms. The van der Waals surface area contributed by atoms with Gasteiger partial charge in [0.25, 0.3) is 0 Å². The van der Waals surface area contributed by atoms with Crippen LogP contribution in [0.1, 0.15) is 11.3 Å². The third kappa shape index (κ3) is 2.98. The number of aromatic nitrogens is 2. The number of para-hydroxylation sites is 1. The first-order valence-corrected chi connectivity index (χ1v) is 6.98. The minimum absolute atomic E-state index is 0.297. The molecular formula is C16H14N4S. The summed E-state index contributed by atoms with van der Waals surface area (Å²) in [5.41, 5.74) is 8.33. The van der Waals surface area contributed by atoms with Gasteiger partial charge in [-0.2, -0.15) is 0 Å². The second-order valence-corrected chi connectivity index (χ2v) is 5.06. The summed E-state index contributed by atoms with van der Waals surface area (Å²) < 4.78 is 0. The van der Waals surface area contributed by atoms with Crippen LogP contribution in [0.4, 0.5) is 5.82 Å². The van der Waals surface area contributed by atoms with Gasteiger partial charge in [-0.05, 0) is 23.8 Å². The van der Waals surface area contributed by atoms with Crippen molar-refractivity contribution < 1.29 is 0 Å². The quantitative estimate of drug-likeness (QED) is 0.724. The molecule has 5 heteroatoms. The van der Waals surface area contributed by atoms with Crippen LogP contribution in [0.5, 0.6) is 0 Å². The molecule has 0 atom stereocenters. The monoisotopic (exact) mass is 294 g/mol. The summed E-state index contributed by atoms with van der Waals surface area (Å²) in [4.78, 5) is 9.10. The van der Waals surface area contributed by atoms with Gasteiger partial charge in [0, 0.05) is 18.1 Å². The maximum Gasteiger partial charge on any atom is 0.127 e. The fraction of sp³-hybridized carbons (Fsp3) is 0.0625. The van der Waals surface area contributed by atoms with Crippen LogP contribution in [0, 0.1) is 0 Å². The van der Waals surface area contributed by atoms with Gasteiger partial charge in [-0.3, -0.25) is 4.98 Å². The number of hydrogen-bond acceptors (Lipinski definition) is 4. The van der Waals surface area contributed by atoms with Crippen molar-refractivity contribution in [2.75, 3.05) is 5.32 Å². The van der Waals surface area contributed by atoms with E-state index in [0.717, 1.165) is 22.3 Å². The van der Waals surface area contributed by atoms with Crippen LogP contribution in [0.2, 0.25) is 0 Å². The lowest BCUT2D eigenvalue weighted by Gasteiger charge is -2.09. The molecule has 0 unspecified atom stereocenters.